The Balaban J connectivity index is 1.19. The van der Waals surface area contributed by atoms with Crippen molar-refractivity contribution in [2.45, 2.75) is 138 Å². The Kier molecular flexibility index (Phi) is 23.5. The lowest BCUT2D eigenvalue weighted by Crippen LogP contribution is -2.45. The van der Waals surface area contributed by atoms with Gasteiger partial charge in [-0.3, -0.25) is 9.59 Å². The molecule has 3 N–H and O–H groups in total. The molecule has 27 nitrogen and oxygen atoms in total. The number of carbonyl (C=O) groups excluding carboxylic acids is 7. The van der Waals surface area contributed by atoms with E-state index in [1.807, 2.05) is 37.3 Å². The van der Waals surface area contributed by atoms with E-state index in [0.29, 0.717) is 63.0 Å². The van der Waals surface area contributed by atoms with Crippen molar-refractivity contribution < 1.29 is 93.0 Å². The molecular formula is C44H67N7O20S4. The minimum atomic E-state index is -4.59. The van der Waals surface area contributed by atoms with E-state index in [9.17, 15) is 50.4 Å². The first-order chi connectivity index (χ1) is 35.2. The third-order valence-electron chi connectivity index (χ3n) is 10.8. The Morgan fingerprint density at radius 2 is 1.37 bits per heavy atom. The molecule has 0 radical (unpaired) electrons. The number of amides is 1. The number of carbonyl (C=O) groups is 7. The maximum absolute atomic E-state index is 13.4. The number of sulfonamides is 2. The molecule has 31 heteroatoms. The average molecular weight is 1140 g/mol. The summed E-state index contributed by atoms with van der Waals surface area (Å²) in [5, 5.41) is 6.39. The van der Waals surface area contributed by atoms with E-state index in [4.69, 9.17) is 42.6 Å². The van der Waals surface area contributed by atoms with E-state index in [0.717, 1.165) is 39.4 Å². The molecule has 1 saturated heterocycles. The van der Waals surface area contributed by atoms with Crippen molar-refractivity contribution in [2.24, 2.45) is 0 Å². The van der Waals surface area contributed by atoms with Gasteiger partial charge in [0.1, 0.15) is 21.1 Å². The zero-order valence-corrected chi connectivity index (χ0v) is 46.7. The molecule has 0 spiro atoms. The van der Waals surface area contributed by atoms with E-state index >= 15 is 0 Å². The number of anilines is 1. The molecule has 2 aromatic rings. The molecule has 4 heterocycles. The smallest absolute Gasteiger partial charge is 0.347 e. The summed E-state index contributed by atoms with van der Waals surface area (Å²) < 4.78 is 112. The molecule has 1 fully saturated rings. The molecule has 422 valence electrons. The van der Waals surface area contributed by atoms with Crippen molar-refractivity contribution in [3.63, 3.8) is 0 Å². The third kappa shape index (κ3) is 18.8. The average Bonchev–Trinajstić information content (AvgIpc) is 4.03. The van der Waals surface area contributed by atoms with Crippen LogP contribution in [0.4, 0.5) is 5.82 Å². The number of thiophene rings is 1. The van der Waals surface area contributed by atoms with Crippen molar-refractivity contribution in [1.29, 1.82) is 0 Å². The first-order valence-electron chi connectivity index (χ1n) is 23.8. The lowest BCUT2D eigenvalue weighted by Gasteiger charge is -2.32. The molecule has 2 aliphatic heterocycles. The SMILES string of the molecule is CCN[C@@H]1CN(CCCOC)S(=O)(=O)c2sc(S(=O)(=O)NC(=O)CCC(=O)OC(C)C(=O)OC(C)C(=O)OC(C)C(=O)OC(C)C(=O)OC(C)C(=O)OC(CNC(C)(C)C)COc3nsnc3N3CCOCC3)cc21. The van der Waals surface area contributed by atoms with E-state index in [1.165, 1.54) is 24.4 Å². The van der Waals surface area contributed by atoms with Crippen LogP contribution in [0.3, 0.4) is 0 Å². The second-order valence-electron chi connectivity index (χ2n) is 18.1. The maximum Gasteiger partial charge on any atom is 0.347 e. The molecule has 4 rings (SSSR count). The Bertz CT molecular complexity index is 2530. The molecule has 6 unspecified atom stereocenters. The number of morpholine rings is 1. The zero-order chi connectivity index (χ0) is 55.8. The summed E-state index contributed by atoms with van der Waals surface area (Å²) in [6.07, 6.45) is -9.90. The number of aromatic nitrogens is 2. The summed E-state index contributed by atoms with van der Waals surface area (Å²) in [6.45, 7) is 16.5. The second kappa shape index (κ2) is 28.3. The van der Waals surface area contributed by atoms with E-state index in [-0.39, 0.29) is 47.4 Å². The van der Waals surface area contributed by atoms with Crippen molar-refractivity contribution in [2.75, 3.05) is 77.7 Å². The van der Waals surface area contributed by atoms with Crippen molar-refractivity contribution in [1.82, 2.24) is 28.4 Å². The van der Waals surface area contributed by atoms with Crippen LogP contribution >= 0.6 is 23.1 Å². The summed E-state index contributed by atoms with van der Waals surface area (Å²) in [7, 11) is -7.18. The second-order valence-corrected chi connectivity index (χ2v) is 23.7. The largest absolute Gasteiger partial charge is 0.470 e. The number of ether oxygens (including phenoxy) is 9. The van der Waals surface area contributed by atoms with Crippen LogP contribution in [0.1, 0.15) is 93.2 Å². The summed E-state index contributed by atoms with van der Waals surface area (Å²) in [5.74, 6) is -7.20. The van der Waals surface area contributed by atoms with Gasteiger partial charge in [0.2, 0.25) is 11.7 Å². The van der Waals surface area contributed by atoms with Crippen LogP contribution in [0.15, 0.2) is 14.5 Å². The fraction of sp³-hybridized carbons (Fsp3) is 0.705. The van der Waals surface area contributed by atoms with Crippen LogP contribution in [0.25, 0.3) is 0 Å². The zero-order valence-electron chi connectivity index (χ0n) is 43.4. The third-order valence-corrected chi connectivity index (χ3v) is 16.6. The van der Waals surface area contributed by atoms with Crippen LogP contribution in [0.2, 0.25) is 0 Å². The Hall–Kier alpha value is -5.15. The van der Waals surface area contributed by atoms with Gasteiger partial charge in [0, 0.05) is 70.0 Å². The summed E-state index contributed by atoms with van der Waals surface area (Å²) in [4.78, 5) is 91.4. The first-order valence-corrected chi connectivity index (χ1v) is 28.3. The van der Waals surface area contributed by atoms with E-state index < -0.39 is 121 Å². The lowest BCUT2D eigenvalue weighted by molar-refractivity contribution is -0.187. The van der Waals surface area contributed by atoms with E-state index in [1.54, 1.807) is 0 Å². The van der Waals surface area contributed by atoms with Crippen molar-refractivity contribution in [3.8, 4) is 5.88 Å². The monoisotopic (exact) mass is 1140 g/mol. The molecule has 0 saturated carbocycles. The van der Waals surface area contributed by atoms with Crippen LogP contribution in [0.5, 0.6) is 5.88 Å². The molecule has 2 aromatic heterocycles. The normalized spacial score (nSPS) is 18.2. The number of rotatable bonds is 28. The van der Waals surface area contributed by atoms with Crippen molar-refractivity contribution >= 4 is 90.7 Å². The fourth-order valence-corrected chi connectivity index (χ4v) is 12.2. The highest BCUT2D eigenvalue weighted by Crippen LogP contribution is 2.40. The minimum absolute atomic E-state index is 0.0507. The predicted octanol–water partition coefficient (Wildman–Crippen LogP) is 0.750. The van der Waals surface area contributed by atoms with Gasteiger partial charge in [0.25, 0.3) is 25.9 Å². The van der Waals surface area contributed by atoms with Crippen LogP contribution in [0, 0.1) is 0 Å². The molecule has 75 heavy (non-hydrogen) atoms. The van der Waals surface area contributed by atoms with Crippen molar-refractivity contribution in [3.05, 3.63) is 11.6 Å². The number of hydrogen-bond donors (Lipinski definition) is 3. The molecule has 0 bridgehead atoms. The topological polar surface area (TPSA) is 339 Å². The quantitative estimate of drug-likeness (QED) is 0.0601. The van der Waals surface area contributed by atoms with Crippen LogP contribution < -0.4 is 25.0 Å². The predicted molar refractivity (Wildman–Crippen MR) is 264 cm³/mol. The van der Waals surface area contributed by atoms with Gasteiger partial charge in [-0.25, -0.2) is 45.5 Å². The highest BCUT2D eigenvalue weighted by Gasteiger charge is 2.41. The van der Waals surface area contributed by atoms with Gasteiger partial charge in [0.15, 0.2) is 30.5 Å². The van der Waals surface area contributed by atoms with Gasteiger partial charge >= 0.3 is 35.8 Å². The van der Waals surface area contributed by atoms with Gasteiger partial charge in [-0.15, -0.1) is 15.7 Å². The van der Waals surface area contributed by atoms with E-state index in [2.05, 4.69) is 19.4 Å². The van der Waals surface area contributed by atoms with Crippen LogP contribution in [-0.2, 0) is 91.5 Å². The summed E-state index contributed by atoms with van der Waals surface area (Å²) in [6, 6.07) is 0.662. The van der Waals surface area contributed by atoms with Gasteiger partial charge in [0.05, 0.1) is 31.4 Å². The summed E-state index contributed by atoms with van der Waals surface area (Å²) in [5.41, 5.74) is -0.128. The molecule has 7 atom stereocenters. The van der Waals surface area contributed by atoms with Crippen LogP contribution in [-0.4, -0.2) is 187 Å². The Morgan fingerprint density at radius 3 is 1.91 bits per heavy atom. The summed E-state index contributed by atoms with van der Waals surface area (Å²) >= 11 is 1.45. The van der Waals surface area contributed by atoms with Gasteiger partial charge in [-0.1, -0.05) is 6.92 Å². The number of methoxy groups -OCH3 is 1. The fourth-order valence-electron chi connectivity index (χ4n) is 6.74. The maximum atomic E-state index is 13.4. The molecule has 0 aromatic carbocycles. The molecule has 1 amide bonds. The number of nitrogens with zero attached hydrogens (tertiary/aromatic N) is 4. The molecule has 0 aliphatic carbocycles. The Labute approximate surface area is 443 Å². The number of hydrogen-bond acceptors (Lipinski definition) is 27. The van der Waals surface area contributed by atoms with Gasteiger partial charge < -0.3 is 58.2 Å². The molecule has 2 aliphatic rings. The Morgan fingerprint density at radius 1 is 0.827 bits per heavy atom. The van der Waals surface area contributed by atoms with Gasteiger partial charge in [-0.2, -0.15) is 8.68 Å². The number of nitrogens with one attached hydrogen (secondary N) is 3. The number of likely N-dealkylation sites (N-methyl/N-ethyl adjacent to an activating group) is 1. The first kappa shape index (κ1) is 62.4. The highest BCUT2D eigenvalue weighted by molar-refractivity contribution is 7.94. The minimum Gasteiger partial charge on any atom is -0.470 e. The number of esters is 6. The standard InChI is InChI=1S/C44H67N7O20S4/c1-11-45-32-23-51(15-12-18-63-10)75(61,62)43-31(32)21-35(72-43)74(59,60)49-33(52)13-14-34(53)66-25(2)38(54)67-26(3)39(55)68-27(4)40(56)69-28(5)41(57)70-29(6)42(58)71-30(22-46-44(7,8)9)24-65-37-36(47-73-48-37)50-16-19-64-20-17-50/h21,25-30,32,45-46H,11-20,22-24H2,1-10H3,(H,49,52)/t25?,26?,27?,28?,29?,30?,32-/m1/s1. The molecular weight excluding hydrogens is 1070 g/mol. The van der Waals surface area contributed by atoms with Gasteiger partial charge in [-0.05, 0) is 74.4 Å². The highest BCUT2D eigenvalue weighted by atomic mass is 32.3. The number of fused-ring (bicyclic) bond motifs is 1. The lowest BCUT2D eigenvalue weighted by atomic mass is 10.1.